The van der Waals surface area contributed by atoms with Gasteiger partial charge >= 0.3 is 5.97 Å². The number of allylic oxidation sites excluding steroid dienone is 2. The molecule has 0 aliphatic heterocycles. The summed E-state index contributed by atoms with van der Waals surface area (Å²) in [6, 6.07) is 0. The van der Waals surface area contributed by atoms with Gasteiger partial charge in [-0.3, -0.25) is 4.79 Å². The summed E-state index contributed by atoms with van der Waals surface area (Å²) in [6.07, 6.45) is 3.34. The SMILES string of the molecule is CC=CC(=N)CC(=O)OC. The number of nitrogens with one attached hydrogen (secondary N) is 1. The molecule has 0 unspecified atom stereocenters. The van der Waals surface area contributed by atoms with Gasteiger partial charge in [0.1, 0.15) is 0 Å². The standard InChI is InChI=1S/C7H11NO2/c1-3-4-6(8)5-7(9)10-2/h3-4,8H,5H2,1-2H3. The second-order valence-electron chi connectivity index (χ2n) is 1.78. The van der Waals surface area contributed by atoms with E-state index in [0.29, 0.717) is 0 Å². The van der Waals surface area contributed by atoms with E-state index in [0.717, 1.165) is 0 Å². The van der Waals surface area contributed by atoms with Crippen molar-refractivity contribution >= 4 is 11.7 Å². The molecule has 0 amide bonds. The molecule has 0 radical (unpaired) electrons. The van der Waals surface area contributed by atoms with Crippen LogP contribution >= 0.6 is 0 Å². The Hall–Kier alpha value is -1.12. The lowest BCUT2D eigenvalue weighted by Gasteiger charge is -1.94. The van der Waals surface area contributed by atoms with Crippen molar-refractivity contribution < 1.29 is 9.53 Å². The van der Waals surface area contributed by atoms with Gasteiger partial charge in [0.2, 0.25) is 0 Å². The van der Waals surface area contributed by atoms with Crippen molar-refractivity contribution in [2.24, 2.45) is 0 Å². The highest BCUT2D eigenvalue weighted by atomic mass is 16.5. The number of ether oxygens (including phenoxy) is 1. The van der Waals surface area contributed by atoms with Crippen LogP contribution in [0.5, 0.6) is 0 Å². The Labute approximate surface area is 60.2 Å². The number of carbonyl (C=O) groups excluding carboxylic acids is 1. The molecule has 0 aliphatic rings. The Balaban J connectivity index is 3.68. The van der Waals surface area contributed by atoms with Gasteiger partial charge in [0.15, 0.2) is 0 Å². The van der Waals surface area contributed by atoms with Crippen LogP contribution in [-0.2, 0) is 9.53 Å². The van der Waals surface area contributed by atoms with Crippen molar-refractivity contribution in [1.82, 2.24) is 0 Å². The fraction of sp³-hybridized carbons (Fsp3) is 0.429. The van der Waals surface area contributed by atoms with Gasteiger partial charge in [0, 0.05) is 5.71 Å². The van der Waals surface area contributed by atoms with Gasteiger partial charge in [-0.25, -0.2) is 0 Å². The van der Waals surface area contributed by atoms with Crippen LogP contribution in [0.15, 0.2) is 12.2 Å². The lowest BCUT2D eigenvalue weighted by atomic mass is 10.2. The molecule has 0 aliphatic carbocycles. The molecule has 1 N–H and O–H groups in total. The molecule has 3 nitrogen and oxygen atoms in total. The predicted octanol–water partition coefficient (Wildman–Crippen LogP) is 1.15. The molecule has 0 atom stereocenters. The lowest BCUT2D eigenvalue weighted by Crippen LogP contribution is -2.05. The van der Waals surface area contributed by atoms with Crippen LogP contribution in [-0.4, -0.2) is 18.8 Å². The number of carbonyl (C=O) groups is 1. The predicted molar refractivity (Wildman–Crippen MR) is 39.2 cm³/mol. The number of esters is 1. The van der Waals surface area contributed by atoms with E-state index in [9.17, 15) is 4.79 Å². The maximum atomic E-state index is 10.5. The molecule has 0 heterocycles. The molecule has 56 valence electrons. The molecule has 10 heavy (non-hydrogen) atoms. The Morgan fingerprint density at radius 3 is 2.70 bits per heavy atom. The summed E-state index contributed by atoms with van der Waals surface area (Å²) in [5.41, 5.74) is 0.273. The van der Waals surface area contributed by atoms with Gasteiger partial charge in [-0.05, 0) is 13.0 Å². The van der Waals surface area contributed by atoms with Gasteiger partial charge in [0.05, 0.1) is 13.5 Å². The summed E-state index contributed by atoms with van der Waals surface area (Å²) in [6.45, 7) is 1.80. The molecule has 0 spiro atoms. The van der Waals surface area contributed by atoms with Crippen LogP contribution in [0.25, 0.3) is 0 Å². The Kier molecular flexibility index (Phi) is 4.20. The molecule has 0 saturated carbocycles. The van der Waals surface area contributed by atoms with E-state index in [4.69, 9.17) is 5.41 Å². The number of rotatable bonds is 3. The smallest absolute Gasteiger partial charge is 0.311 e. The van der Waals surface area contributed by atoms with Gasteiger partial charge in [-0.15, -0.1) is 0 Å². The Morgan fingerprint density at radius 2 is 2.30 bits per heavy atom. The first-order valence-corrected chi connectivity index (χ1v) is 2.97. The van der Waals surface area contributed by atoms with Crippen molar-refractivity contribution in [1.29, 1.82) is 5.41 Å². The first kappa shape index (κ1) is 8.88. The van der Waals surface area contributed by atoms with E-state index in [1.54, 1.807) is 19.1 Å². The fourth-order valence-corrected chi connectivity index (χ4v) is 0.488. The van der Waals surface area contributed by atoms with Crippen LogP contribution in [0.1, 0.15) is 13.3 Å². The van der Waals surface area contributed by atoms with E-state index < -0.39 is 0 Å². The summed E-state index contributed by atoms with van der Waals surface area (Å²) in [4.78, 5) is 10.5. The van der Waals surface area contributed by atoms with Crippen molar-refractivity contribution in [2.45, 2.75) is 13.3 Å². The zero-order valence-corrected chi connectivity index (χ0v) is 6.18. The normalized spacial score (nSPS) is 9.80. The fourth-order valence-electron chi connectivity index (χ4n) is 0.488. The second kappa shape index (κ2) is 4.73. The molecule has 0 aromatic carbocycles. The minimum Gasteiger partial charge on any atom is -0.469 e. The van der Waals surface area contributed by atoms with E-state index in [2.05, 4.69) is 4.74 Å². The van der Waals surface area contributed by atoms with E-state index >= 15 is 0 Å². The van der Waals surface area contributed by atoms with Crippen molar-refractivity contribution in [3.05, 3.63) is 12.2 Å². The van der Waals surface area contributed by atoms with Crippen molar-refractivity contribution in [2.75, 3.05) is 7.11 Å². The zero-order chi connectivity index (χ0) is 7.98. The van der Waals surface area contributed by atoms with Gasteiger partial charge in [-0.2, -0.15) is 0 Å². The van der Waals surface area contributed by atoms with Crippen LogP contribution in [0.4, 0.5) is 0 Å². The first-order chi connectivity index (χ1) is 4.70. The van der Waals surface area contributed by atoms with Crippen LogP contribution in [0.2, 0.25) is 0 Å². The van der Waals surface area contributed by atoms with Crippen molar-refractivity contribution in [3.8, 4) is 0 Å². The molecule has 0 bridgehead atoms. The maximum Gasteiger partial charge on any atom is 0.311 e. The molecule has 0 fully saturated rings. The molecular formula is C7H11NO2. The minimum absolute atomic E-state index is 0.0564. The molecule has 0 aromatic rings. The second-order valence-corrected chi connectivity index (χ2v) is 1.78. The molecule has 3 heteroatoms. The lowest BCUT2D eigenvalue weighted by molar-refractivity contribution is -0.139. The zero-order valence-electron chi connectivity index (χ0n) is 6.18. The van der Waals surface area contributed by atoms with Crippen molar-refractivity contribution in [3.63, 3.8) is 0 Å². The van der Waals surface area contributed by atoms with Gasteiger partial charge in [-0.1, -0.05) is 6.08 Å². The Bertz CT molecular complexity index is 161. The van der Waals surface area contributed by atoms with E-state index in [1.165, 1.54) is 7.11 Å². The number of methoxy groups -OCH3 is 1. The van der Waals surface area contributed by atoms with E-state index in [1.807, 2.05) is 0 Å². The van der Waals surface area contributed by atoms with Gasteiger partial charge < -0.3 is 10.1 Å². The van der Waals surface area contributed by atoms with E-state index in [-0.39, 0.29) is 18.1 Å². The quantitative estimate of drug-likeness (QED) is 0.473. The minimum atomic E-state index is -0.372. The number of hydrogen-bond donors (Lipinski definition) is 1. The summed E-state index contributed by atoms with van der Waals surface area (Å²) in [5.74, 6) is -0.372. The first-order valence-electron chi connectivity index (χ1n) is 2.97. The van der Waals surface area contributed by atoms with Crippen LogP contribution in [0, 0.1) is 5.41 Å². The highest BCUT2D eigenvalue weighted by Crippen LogP contribution is 1.88. The summed E-state index contributed by atoms with van der Waals surface area (Å²) >= 11 is 0. The molecule has 0 aromatic heterocycles. The average Bonchev–Trinajstić information content (AvgIpc) is 1.88. The topological polar surface area (TPSA) is 50.2 Å². The van der Waals surface area contributed by atoms with Gasteiger partial charge in [0.25, 0.3) is 0 Å². The highest BCUT2D eigenvalue weighted by Gasteiger charge is 2.00. The monoisotopic (exact) mass is 141 g/mol. The third kappa shape index (κ3) is 3.83. The van der Waals surface area contributed by atoms with Crippen LogP contribution in [0.3, 0.4) is 0 Å². The summed E-state index contributed by atoms with van der Waals surface area (Å²) in [7, 11) is 1.31. The maximum absolute atomic E-state index is 10.5. The molecule has 0 saturated heterocycles. The molecule has 0 rings (SSSR count). The summed E-state index contributed by atoms with van der Waals surface area (Å²) in [5, 5.41) is 7.13. The highest BCUT2D eigenvalue weighted by molar-refractivity contribution is 6.03. The molecular weight excluding hydrogens is 130 g/mol. The largest absolute Gasteiger partial charge is 0.469 e. The average molecular weight is 141 g/mol. The third-order valence-corrected chi connectivity index (χ3v) is 0.930. The third-order valence-electron chi connectivity index (χ3n) is 0.930. The van der Waals surface area contributed by atoms with Crippen LogP contribution < -0.4 is 0 Å². The number of hydrogen-bond acceptors (Lipinski definition) is 3. The Morgan fingerprint density at radius 1 is 1.70 bits per heavy atom. The summed E-state index contributed by atoms with van der Waals surface area (Å²) < 4.78 is 4.35.